The summed E-state index contributed by atoms with van der Waals surface area (Å²) in [6.45, 7) is 61.9. The molecular weight excluding hydrogens is 1570 g/mol. The number of rotatable bonds is 0. The topological polar surface area (TPSA) is 0 Å². The maximum atomic E-state index is 2.27. The maximum absolute atomic E-state index is 2.27. The molecule has 0 radical (unpaired) electrons. The molecule has 0 unspecified atom stereocenters. The highest BCUT2D eigenvalue weighted by Gasteiger charge is 2.19. The first kappa shape index (κ1) is 84.6. The third kappa shape index (κ3) is 15.2. The molecule has 7 heteroatoms. The van der Waals surface area contributed by atoms with Gasteiger partial charge in [-0.25, -0.2) is 0 Å². The second kappa shape index (κ2) is 33.6. The van der Waals surface area contributed by atoms with Crippen molar-refractivity contribution in [2.75, 3.05) is 0 Å². The Kier molecular flexibility index (Phi) is 23.9. The van der Waals surface area contributed by atoms with E-state index < -0.39 is 0 Å². The SMILES string of the molecule is Cc1ccc2c(sc3c(C)c(C)ccc32)c1C.Cc1ccc2c(sc3c(C)c(C)ccc32)c1C.Cc1ccc2c(sc3c(C)c(C)ccc32)c1C.Cc1ccc2c(sc3c(C)c(C)ccc32)c1C.Cc1ccc2c(sc3c(C)c(C)ccc32)c1C.Cc1ccc2c(sc3c(C)c(C)ccc32)c1C.Cc1ccc2c(sc3c(C)c(C)ccc32)c1C. The molecule has 0 amide bonds. The number of thiophene rings is 7. The summed E-state index contributed by atoms with van der Waals surface area (Å²) in [5.74, 6) is 0. The van der Waals surface area contributed by atoms with Gasteiger partial charge >= 0.3 is 0 Å². The van der Waals surface area contributed by atoms with Crippen LogP contribution in [0.25, 0.3) is 141 Å². The van der Waals surface area contributed by atoms with Gasteiger partial charge in [0.15, 0.2) is 0 Å². The number of aryl methyl sites for hydroxylation is 28. The Morgan fingerprint density at radius 3 is 0.210 bits per heavy atom. The summed E-state index contributed by atoms with van der Waals surface area (Å²) in [4.78, 5) is 0. The zero-order chi connectivity index (χ0) is 85.1. The van der Waals surface area contributed by atoms with Crippen molar-refractivity contribution < 1.29 is 0 Å². The van der Waals surface area contributed by atoms with E-state index in [4.69, 9.17) is 0 Å². The van der Waals surface area contributed by atoms with Crippen molar-refractivity contribution >= 4 is 221 Å². The molecule has 0 saturated heterocycles. The van der Waals surface area contributed by atoms with Crippen LogP contribution >= 0.6 is 79.4 Å². The molecule has 0 aliphatic carbocycles. The van der Waals surface area contributed by atoms with Crippen LogP contribution in [-0.4, -0.2) is 0 Å². The van der Waals surface area contributed by atoms with Crippen LogP contribution in [0.3, 0.4) is 0 Å². The lowest BCUT2D eigenvalue weighted by Gasteiger charge is -2.01. The lowest BCUT2D eigenvalue weighted by molar-refractivity contribution is 1.39. The van der Waals surface area contributed by atoms with Gasteiger partial charge in [0.2, 0.25) is 0 Å². The van der Waals surface area contributed by atoms with E-state index in [1.807, 2.05) is 79.4 Å². The average Bonchev–Trinajstić information content (AvgIpc) is 1.65. The van der Waals surface area contributed by atoms with E-state index in [2.05, 4.69) is 364 Å². The maximum Gasteiger partial charge on any atom is 0.0387 e. The van der Waals surface area contributed by atoms with E-state index in [-0.39, 0.29) is 0 Å². The van der Waals surface area contributed by atoms with Crippen LogP contribution in [0.2, 0.25) is 0 Å². The van der Waals surface area contributed by atoms with Crippen molar-refractivity contribution in [1.82, 2.24) is 0 Å². The van der Waals surface area contributed by atoms with Crippen LogP contribution in [-0.2, 0) is 0 Å². The molecular formula is C112H112S7. The van der Waals surface area contributed by atoms with Crippen LogP contribution in [0.4, 0.5) is 0 Å². The monoisotopic (exact) mass is 1680 g/mol. The van der Waals surface area contributed by atoms with Gasteiger partial charge in [0.1, 0.15) is 0 Å². The van der Waals surface area contributed by atoms with Gasteiger partial charge in [0, 0.05) is 141 Å². The van der Waals surface area contributed by atoms with Crippen molar-refractivity contribution in [3.05, 3.63) is 326 Å². The Balaban J connectivity index is 0.000000108. The van der Waals surface area contributed by atoms with Crippen molar-refractivity contribution in [2.45, 2.75) is 194 Å². The highest BCUT2D eigenvalue weighted by Crippen LogP contribution is 2.47. The van der Waals surface area contributed by atoms with Gasteiger partial charge in [-0.05, 0) is 350 Å². The fourth-order valence-corrected chi connectivity index (χ4v) is 26.4. The lowest BCUT2D eigenvalue weighted by Crippen LogP contribution is -1.80. The van der Waals surface area contributed by atoms with E-state index >= 15 is 0 Å². The number of fused-ring (bicyclic) bond motifs is 21. The van der Waals surface area contributed by atoms with E-state index in [1.54, 1.807) is 0 Å². The number of benzene rings is 14. The molecule has 21 aromatic rings. The van der Waals surface area contributed by atoms with Crippen molar-refractivity contribution in [1.29, 1.82) is 0 Å². The van der Waals surface area contributed by atoms with Crippen LogP contribution < -0.4 is 0 Å². The van der Waals surface area contributed by atoms with E-state index in [0.717, 1.165) is 0 Å². The minimum absolute atomic E-state index is 1.39. The Morgan fingerprint density at radius 2 is 0.151 bits per heavy atom. The van der Waals surface area contributed by atoms with Crippen LogP contribution in [0.5, 0.6) is 0 Å². The molecule has 119 heavy (non-hydrogen) atoms. The second-order valence-corrected chi connectivity index (χ2v) is 41.2. The van der Waals surface area contributed by atoms with Gasteiger partial charge in [0.05, 0.1) is 0 Å². The molecule has 0 saturated carbocycles. The van der Waals surface area contributed by atoms with Crippen molar-refractivity contribution in [3.63, 3.8) is 0 Å². The summed E-state index contributed by atoms with van der Waals surface area (Å²) in [7, 11) is 0. The minimum Gasteiger partial charge on any atom is -0.135 e. The molecule has 0 spiro atoms. The third-order valence-corrected chi connectivity index (χ3v) is 37.2. The average molecular weight is 1680 g/mol. The summed E-state index contributed by atoms with van der Waals surface area (Å²) >= 11 is 13.6. The van der Waals surface area contributed by atoms with Crippen molar-refractivity contribution in [2.24, 2.45) is 0 Å². The number of hydrogen-bond donors (Lipinski definition) is 0. The largest absolute Gasteiger partial charge is 0.135 e. The van der Waals surface area contributed by atoms with Crippen molar-refractivity contribution in [3.8, 4) is 0 Å². The minimum atomic E-state index is 1.39. The Labute approximate surface area is 733 Å². The summed E-state index contributed by atoms with van der Waals surface area (Å²) in [6.07, 6.45) is 0. The predicted molar refractivity (Wildman–Crippen MR) is 548 cm³/mol. The molecule has 0 nitrogen and oxygen atoms in total. The molecule has 602 valence electrons. The fourth-order valence-electron chi connectivity index (χ4n) is 16.6. The summed E-state index contributed by atoms with van der Waals surface area (Å²) in [5, 5.41) is 19.8. The quantitative estimate of drug-likeness (QED) is 0.142. The van der Waals surface area contributed by atoms with E-state index in [9.17, 15) is 0 Å². The fraction of sp³-hybridized carbons (Fsp3) is 0.250. The zero-order valence-corrected chi connectivity index (χ0v) is 80.7. The van der Waals surface area contributed by atoms with Crippen LogP contribution in [0.15, 0.2) is 170 Å². The lowest BCUT2D eigenvalue weighted by atomic mass is 10.0. The standard InChI is InChI=1S/7C16H16S/c7*1-9-5-7-13-14-8-6-10(2)12(4)16(14)17-15(13)11(9)3/h7*5-8H,1-4H3. The molecule has 0 N–H and O–H groups in total. The molecule has 0 aliphatic rings. The molecule has 0 atom stereocenters. The van der Waals surface area contributed by atoms with E-state index in [0.29, 0.717) is 0 Å². The van der Waals surface area contributed by atoms with Gasteiger partial charge in [-0.2, -0.15) is 0 Å². The predicted octanol–water partition coefficient (Wildman–Crippen LogP) is 37.0. The van der Waals surface area contributed by atoms with E-state index in [1.165, 1.54) is 297 Å². The highest BCUT2D eigenvalue weighted by atomic mass is 32.1. The summed E-state index contributed by atoms with van der Waals surface area (Å²) in [6, 6.07) is 63.1. The molecule has 0 fully saturated rings. The highest BCUT2D eigenvalue weighted by molar-refractivity contribution is 7.28. The second-order valence-electron chi connectivity index (χ2n) is 34.1. The molecule has 14 aromatic carbocycles. The summed E-state index contributed by atoms with van der Waals surface area (Å²) in [5.41, 5.74) is 39.5. The van der Waals surface area contributed by atoms with Gasteiger partial charge in [0.25, 0.3) is 0 Å². The molecule has 7 heterocycles. The Morgan fingerprint density at radius 1 is 0.0924 bits per heavy atom. The zero-order valence-electron chi connectivity index (χ0n) is 75.0. The van der Waals surface area contributed by atoms with Gasteiger partial charge in [-0.1, -0.05) is 170 Å². The first-order chi connectivity index (χ1) is 56.6. The summed E-state index contributed by atoms with van der Waals surface area (Å²) < 4.78 is 20.3. The third-order valence-electron chi connectivity index (χ3n) is 26.9. The first-order valence-electron chi connectivity index (χ1n) is 41.9. The van der Waals surface area contributed by atoms with Crippen LogP contribution in [0.1, 0.15) is 156 Å². The van der Waals surface area contributed by atoms with Gasteiger partial charge in [-0.15, -0.1) is 79.4 Å². The first-order valence-corrected chi connectivity index (χ1v) is 47.6. The van der Waals surface area contributed by atoms with Crippen LogP contribution in [0, 0.1) is 194 Å². The van der Waals surface area contributed by atoms with Gasteiger partial charge < -0.3 is 0 Å². The normalized spacial score (nSPS) is 11.5. The molecule has 7 aromatic heterocycles. The molecule has 0 aliphatic heterocycles. The van der Waals surface area contributed by atoms with Gasteiger partial charge in [-0.3, -0.25) is 0 Å². The molecule has 21 rings (SSSR count). The molecule has 0 bridgehead atoms. The Bertz CT molecular complexity index is 5960. The smallest absolute Gasteiger partial charge is 0.0387 e. The Hall–Kier alpha value is -9.38. The number of hydrogen-bond acceptors (Lipinski definition) is 7.